The van der Waals surface area contributed by atoms with Gasteiger partial charge in [0.1, 0.15) is 0 Å². The molecule has 0 fully saturated rings. The van der Waals surface area contributed by atoms with Crippen LogP contribution in [-0.4, -0.2) is 42.2 Å². The molecule has 0 unspecified atom stereocenters. The van der Waals surface area contributed by atoms with E-state index in [9.17, 15) is 19.7 Å². The Bertz CT molecular complexity index is 496. The molecule has 108 valence electrons. The summed E-state index contributed by atoms with van der Waals surface area (Å²) in [5, 5.41) is 22.1. The van der Waals surface area contributed by atoms with Crippen molar-refractivity contribution in [3.63, 3.8) is 0 Å². The second-order valence-corrected chi connectivity index (χ2v) is 3.93. The summed E-state index contributed by atoms with van der Waals surface area (Å²) in [7, 11) is 1.53. The third kappa shape index (κ3) is 4.32. The zero-order chi connectivity index (χ0) is 15.1. The molecule has 0 spiro atoms. The first-order chi connectivity index (χ1) is 9.45. The number of aromatic carboxylic acids is 1. The van der Waals surface area contributed by atoms with Gasteiger partial charge in [-0.15, -0.1) is 0 Å². The van der Waals surface area contributed by atoms with Crippen molar-refractivity contribution in [2.45, 2.75) is 6.42 Å². The molecule has 0 aromatic heterocycles. The van der Waals surface area contributed by atoms with E-state index in [2.05, 4.69) is 5.32 Å². The molecule has 8 nitrogen and oxygen atoms in total. The fraction of sp³-hybridized carbons (Fsp3) is 0.333. The molecule has 0 aliphatic carbocycles. The van der Waals surface area contributed by atoms with Crippen LogP contribution in [0.4, 0.5) is 5.69 Å². The number of non-ortho nitro benzene ring substituents is 1. The molecule has 2 N–H and O–H groups in total. The predicted octanol–water partition coefficient (Wildman–Crippen LogP) is 1.06. The van der Waals surface area contributed by atoms with E-state index in [1.165, 1.54) is 7.11 Å². The molecule has 1 aromatic rings. The normalized spacial score (nSPS) is 10.1. The van der Waals surface area contributed by atoms with Crippen LogP contribution in [0.15, 0.2) is 18.2 Å². The number of carboxylic acids is 1. The molecule has 1 amide bonds. The van der Waals surface area contributed by atoms with E-state index < -0.39 is 22.5 Å². The van der Waals surface area contributed by atoms with Crippen molar-refractivity contribution >= 4 is 17.6 Å². The molecule has 0 saturated heterocycles. The lowest BCUT2D eigenvalue weighted by Gasteiger charge is -2.06. The van der Waals surface area contributed by atoms with Gasteiger partial charge in [0.25, 0.3) is 11.6 Å². The number of hydrogen-bond acceptors (Lipinski definition) is 5. The van der Waals surface area contributed by atoms with E-state index in [4.69, 9.17) is 9.84 Å². The Hall–Kier alpha value is -2.48. The summed E-state index contributed by atoms with van der Waals surface area (Å²) < 4.78 is 4.81. The lowest BCUT2D eigenvalue weighted by atomic mass is 10.1. The van der Waals surface area contributed by atoms with Gasteiger partial charge in [0, 0.05) is 38.0 Å². The molecular formula is C12H14N2O6. The van der Waals surface area contributed by atoms with Gasteiger partial charge in [-0.3, -0.25) is 14.9 Å². The summed E-state index contributed by atoms with van der Waals surface area (Å²) in [6.07, 6.45) is 0.586. The Morgan fingerprint density at radius 3 is 2.55 bits per heavy atom. The van der Waals surface area contributed by atoms with Crippen LogP contribution in [-0.2, 0) is 4.74 Å². The smallest absolute Gasteiger partial charge is 0.335 e. The van der Waals surface area contributed by atoms with E-state index in [-0.39, 0.29) is 11.1 Å². The Kier molecular flexibility index (Phi) is 5.60. The van der Waals surface area contributed by atoms with Crippen LogP contribution in [0.2, 0.25) is 0 Å². The molecule has 0 aliphatic heterocycles. The number of nitro groups is 1. The number of nitro benzene ring substituents is 1. The number of carbonyl (C=O) groups is 2. The molecule has 0 aliphatic rings. The molecule has 8 heteroatoms. The number of methoxy groups -OCH3 is 1. The number of benzene rings is 1. The van der Waals surface area contributed by atoms with Gasteiger partial charge in [0.2, 0.25) is 0 Å². The number of rotatable bonds is 7. The van der Waals surface area contributed by atoms with Crippen LogP contribution in [0.5, 0.6) is 0 Å². The van der Waals surface area contributed by atoms with E-state index in [1.54, 1.807) is 0 Å². The van der Waals surface area contributed by atoms with Crippen LogP contribution in [0.3, 0.4) is 0 Å². The number of nitrogens with one attached hydrogen (secondary N) is 1. The van der Waals surface area contributed by atoms with Gasteiger partial charge >= 0.3 is 5.97 Å². The van der Waals surface area contributed by atoms with E-state index >= 15 is 0 Å². The third-order valence-electron chi connectivity index (χ3n) is 2.45. The molecule has 1 aromatic carbocycles. The SMILES string of the molecule is COCCCNC(=O)c1cc(C(=O)O)cc([N+](=O)[O-])c1. The van der Waals surface area contributed by atoms with Crippen molar-refractivity contribution in [2.75, 3.05) is 20.3 Å². The Labute approximate surface area is 114 Å². The first kappa shape index (κ1) is 15.6. The minimum atomic E-state index is -1.33. The number of carboxylic acid groups (broad SMARTS) is 1. The van der Waals surface area contributed by atoms with Gasteiger partial charge in [-0.25, -0.2) is 4.79 Å². The Morgan fingerprint density at radius 2 is 2.00 bits per heavy atom. The average molecular weight is 282 g/mol. The number of carbonyl (C=O) groups excluding carboxylic acids is 1. The van der Waals surface area contributed by atoms with Crippen LogP contribution in [0.1, 0.15) is 27.1 Å². The van der Waals surface area contributed by atoms with E-state index in [0.29, 0.717) is 19.6 Å². The lowest BCUT2D eigenvalue weighted by molar-refractivity contribution is -0.384. The van der Waals surface area contributed by atoms with Crippen molar-refractivity contribution in [3.05, 3.63) is 39.4 Å². The zero-order valence-corrected chi connectivity index (χ0v) is 10.8. The Morgan fingerprint density at radius 1 is 1.35 bits per heavy atom. The van der Waals surface area contributed by atoms with Gasteiger partial charge in [0.05, 0.1) is 10.5 Å². The molecule has 20 heavy (non-hydrogen) atoms. The van der Waals surface area contributed by atoms with Gasteiger partial charge in [-0.1, -0.05) is 0 Å². The first-order valence-corrected chi connectivity index (χ1v) is 5.75. The molecule has 0 bridgehead atoms. The Balaban J connectivity index is 2.90. The van der Waals surface area contributed by atoms with Crippen molar-refractivity contribution < 1.29 is 24.4 Å². The molecule has 0 radical (unpaired) electrons. The molecular weight excluding hydrogens is 268 g/mol. The first-order valence-electron chi connectivity index (χ1n) is 5.75. The fourth-order valence-electron chi connectivity index (χ4n) is 1.49. The maximum absolute atomic E-state index is 11.8. The van der Waals surface area contributed by atoms with Crippen molar-refractivity contribution in [3.8, 4) is 0 Å². The predicted molar refractivity (Wildman–Crippen MR) is 68.9 cm³/mol. The number of amides is 1. The lowest BCUT2D eigenvalue weighted by Crippen LogP contribution is -2.25. The van der Waals surface area contributed by atoms with Gasteiger partial charge in [0.15, 0.2) is 0 Å². The van der Waals surface area contributed by atoms with Crippen molar-refractivity contribution in [2.24, 2.45) is 0 Å². The highest BCUT2D eigenvalue weighted by atomic mass is 16.6. The van der Waals surface area contributed by atoms with Crippen LogP contribution < -0.4 is 5.32 Å². The average Bonchev–Trinajstić information content (AvgIpc) is 2.42. The van der Waals surface area contributed by atoms with Crippen LogP contribution >= 0.6 is 0 Å². The number of nitrogens with zero attached hydrogens (tertiary/aromatic N) is 1. The van der Waals surface area contributed by atoms with Gasteiger partial charge < -0.3 is 15.2 Å². The van der Waals surface area contributed by atoms with Crippen molar-refractivity contribution in [1.29, 1.82) is 0 Å². The van der Waals surface area contributed by atoms with E-state index in [1.807, 2.05) is 0 Å². The molecule has 1 rings (SSSR count). The van der Waals surface area contributed by atoms with Crippen LogP contribution in [0.25, 0.3) is 0 Å². The third-order valence-corrected chi connectivity index (χ3v) is 2.45. The minimum absolute atomic E-state index is 0.0611. The molecule has 0 saturated carbocycles. The maximum Gasteiger partial charge on any atom is 0.335 e. The minimum Gasteiger partial charge on any atom is -0.478 e. The number of hydrogen-bond donors (Lipinski definition) is 2. The standard InChI is InChI=1S/C12H14N2O6/c1-20-4-2-3-13-11(15)8-5-9(12(16)17)7-10(6-8)14(18)19/h5-7H,2-4H2,1H3,(H,13,15)(H,16,17). The quantitative estimate of drug-likeness (QED) is 0.438. The summed E-state index contributed by atoms with van der Waals surface area (Å²) in [4.78, 5) is 32.6. The fourth-order valence-corrected chi connectivity index (χ4v) is 1.49. The molecule has 0 heterocycles. The largest absolute Gasteiger partial charge is 0.478 e. The number of ether oxygens (including phenoxy) is 1. The molecule has 0 atom stereocenters. The summed E-state index contributed by atoms with van der Waals surface area (Å²) in [5.74, 6) is -1.89. The van der Waals surface area contributed by atoms with Crippen LogP contribution in [0, 0.1) is 10.1 Å². The highest BCUT2D eigenvalue weighted by Crippen LogP contribution is 2.17. The summed E-state index contributed by atoms with van der Waals surface area (Å²) >= 11 is 0. The topological polar surface area (TPSA) is 119 Å². The second kappa shape index (κ2) is 7.19. The summed E-state index contributed by atoms with van der Waals surface area (Å²) in [6.45, 7) is 0.799. The summed E-state index contributed by atoms with van der Waals surface area (Å²) in [5.41, 5.74) is -0.804. The van der Waals surface area contributed by atoms with E-state index in [0.717, 1.165) is 18.2 Å². The highest BCUT2D eigenvalue weighted by molar-refractivity contribution is 5.98. The monoisotopic (exact) mass is 282 g/mol. The summed E-state index contributed by atoms with van der Waals surface area (Å²) in [6, 6.07) is 3.04. The second-order valence-electron chi connectivity index (χ2n) is 3.93. The van der Waals surface area contributed by atoms with Gasteiger partial charge in [-0.05, 0) is 12.5 Å². The highest BCUT2D eigenvalue weighted by Gasteiger charge is 2.17. The van der Waals surface area contributed by atoms with Crippen molar-refractivity contribution in [1.82, 2.24) is 5.32 Å². The maximum atomic E-state index is 11.8. The zero-order valence-electron chi connectivity index (χ0n) is 10.8. The van der Waals surface area contributed by atoms with Gasteiger partial charge in [-0.2, -0.15) is 0 Å².